The standard InChI is InChI=1S/C17H20BrNO4/c1-5-22-17(20)13(9-19)6-12-7-14(18)16(15(8-12)21-4)23-10-11(2)3/h6-8,11H,5,10H2,1-4H3/b13-6+. The van der Waals surface area contributed by atoms with Gasteiger partial charge in [-0.25, -0.2) is 4.79 Å². The minimum Gasteiger partial charge on any atom is -0.493 e. The van der Waals surface area contributed by atoms with Gasteiger partial charge >= 0.3 is 5.97 Å². The highest BCUT2D eigenvalue weighted by Crippen LogP contribution is 2.37. The number of rotatable bonds is 7. The second kappa shape index (κ2) is 9.21. The van der Waals surface area contributed by atoms with Crippen molar-refractivity contribution in [1.82, 2.24) is 0 Å². The first-order chi connectivity index (χ1) is 10.9. The number of halogens is 1. The van der Waals surface area contributed by atoms with Crippen molar-refractivity contribution < 1.29 is 19.0 Å². The first-order valence-electron chi connectivity index (χ1n) is 7.22. The van der Waals surface area contributed by atoms with Crippen molar-refractivity contribution >= 4 is 28.0 Å². The van der Waals surface area contributed by atoms with Gasteiger partial charge in [-0.15, -0.1) is 0 Å². The summed E-state index contributed by atoms with van der Waals surface area (Å²) in [6.45, 7) is 6.56. The van der Waals surface area contributed by atoms with Crippen molar-refractivity contribution in [3.05, 3.63) is 27.7 Å². The Morgan fingerprint density at radius 3 is 2.65 bits per heavy atom. The first-order valence-corrected chi connectivity index (χ1v) is 8.01. The van der Waals surface area contributed by atoms with Crippen LogP contribution >= 0.6 is 15.9 Å². The summed E-state index contributed by atoms with van der Waals surface area (Å²) in [6.07, 6.45) is 1.46. The van der Waals surface area contributed by atoms with E-state index in [1.54, 1.807) is 19.1 Å². The quantitative estimate of drug-likeness (QED) is 0.406. The Morgan fingerprint density at radius 1 is 1.43 bits per heavy atom. The maximum Gasteiger partial charge on any atom is 0.348 e. The molecule has 0 unspecified atom stereocenters. The Hall–Kier alpha value is -2.00. The Kier molecular flexibility index (Phi) is 7.63. The molecule has 23 heavy (non-hydrogen) atoms. The molecule has 0 N–H and O–H groups in total. The van der Waals surface area contributed by atoms with Gasteiger partial charge in [0.15, 0.2) is 11.5 Å². The van der Waals surface area contributed by atoms with E-state index >= 15 is 0 Å². The molecule has 6 heteroatoms. The van der Waals surface area contributed by atoms with Crippen molar-refractivity contribution in [2.24, 2.45) is 5.92 Å². The van der Waals surface area contributed by atoms with Crippen LogP contribution in [0.25, 0.3) is 6.08 Å². The number of methoxy groups -OCH3 is 1. The van der Waals surface area contributed by atoms with Crippen LogP contribution in [0.3, 0.4) is 0 Å². The highest BCUT2D eigenvalue weighted by Gasteiger charge is 2.14. The third kappa shape index (κ3) is 5.61. The third-order valence-electron chi connectivity index (χ3n) is 2.74. The molecule has 0 amide bonds. The number of hydrogen-bond donors (Lipinski definition) is 0. The Bertz CT molecular complexity index is 632. The van der Waals surface area contributed by atoms with E-state index < -0.39 is 5.97 Å². The predicted molar refractivity (Wildman–Crippen MR) is 91.3 cm³/mol. The van der Waals surface area contributed by atoms with E-state index in [0.717, 1.165) is 0 Å². The Balaban J connectivity index is 3.17. The summed E-state index contributed by atoms with van der Waals surface area (Å²) in [5, 5.41) is 9.09. The fourth-order valence-electron chi connectivity index (χ4n) is 1.73. The van der Waals surface area contributed by atoms with E-state index in [1.807, 2.05) is 6.07 Å². The number of carbonyl (C=O) groups excluding carboxylic acids is 1. The lowest BCUT2D eigenvalue weighted by Crippen LogP contribution is -2.07. The fraction of sp³-hybridized carbons (Fsp3) is 0.412. The summed E-state index contributed by atoms with van der Waals surface area (Å²) in [5.74, 6) is 0.839. The van der Waals surface area contributed by atoms with Crippen LogP contribution in [0.2, 0.25) is 0 Å². The lowest BCUT2D eigenvalue weighted by Gasteiger charge is -2.15. The van der Waals surface area contributed by atoms with E-state index in [-0.39, 0.29) is 12.2 Å². The van der Waals surface area contributed by atoms with E-state index in [2.05, 4.69) is 29.8 Å². The van der Waals surface area contributed by atoms with Crippen LogP contribution in [-0.2, 0) is 9.53 Å². The normalized spacial score (nSPS) is 11.1. The molecular formula is C17H20BrNO4. The minimum absolute atomic E-state index is 0.0725. The predicted octanol–water partition coefficient (Wildman–Crippen LogP) is 3.96. The van der Waals surface area contributed by atoms with Crippen molar-refractivity contribution in [3.63, 3.8) is 0 Å². The van der Waals surface area contributed by atoms with Crippen LogP contribution in [0.4, 0.5) is 0 Å². The second-order valence-electron chi connectivity index (χ2n) is 5.13. The largest absolute Gasteiger partial charge is 0.493 e. The third-order valence-corrected chi connectivity index (χ3v) is 3.33. The molecule has 0 bridgehead atoms. The molecular weight excluding hydrogens is 362 g/mol. The topological polar surface area (TPSA) is 68.6 Å². The lowest BCUT2D eigenvalue weighted by atomic mass is 10.1. The van der Waals surface area contributed by atoms with Gasteiger partial charge in [0.1, 0.15) is 11.6 Å². The molecule has 0 aliphatic rings. The second-order valence-corrected chi connectivity index (χ2v) is 5.98. The molecule has 0 fully saturated rings. The zero-order valence-corrected chi connectivity index (χ0v) is 15.3. The van der Waals surface area contributed by atoms with Crippen LogP contribution in [-0.4, -0.2) is 26.3 Å². The smallest absolute Gasteiger partial charge is 0.348 e. The van der Waals surface area contributed by atoms with Gasteiger partial charge in [0.2, 0.25) is 0 Å². The van der Waals surface area contributed by atoms with Gasteiger partial charge in [-0.3, -0.25) is 0 Å². The molecule has 124 valence electrons. The molecule has 1 aromatic carbocycles. The van der Waals surface area contributed by atoms with Crippen molar-refractivity contribution in [2.75, 3.05) is 20.3 Å². The van der Waals surface area contributed by atoms with Crippen LogP contribution in [0.5, 0.6) is 11.5 Å². The van der Waals surface area contributed by atoms with Crippen molar-refractivity contribution in [1.29, 1.82) is 5.26 Å². The molecule has 0 aliphatic heterocycles. The molecule has 5 nitrogen and oxygen atoms in total. The number of nitrogens with zero attached hydrogens (tertiary/aromatic N) is 1. The highest BCUT2D eigenvalue weighted by molar-refractivity contribution is 9.10. The Labute approximate surface area is 145 Å². The van der Waals surface area contributed by atoms with Crippen molar-refractivity contribution in [2.45, 2.75) is 20.8 Å². The molecule has 0 aliphatic carbocycles. The zero-order chi connectivity index (χ0) is 17.4. The van der Waals surface area contributed by atoms with Crippen LogP contribution in [0.15, 0.2) is 22.2 Å². The first kappa shape index (κ1) is 19.0. The molecule has 0 saturated heterocycles. The fourth-order valence-corrected chi connectivity index (χ4v) is 2.30. The van der Waals surface area contributed by atoms with Gasteiger partial charge in [-0.1, -0.05) is 13.8 Å². The SMILES string of the molecule is CCOC(=O)/C(C#N)=C/c1cc(Br)c(OCC(C)C)c(OC)c1. The van der Waals surface area contributed by atoms with Crippen LogP contribution in [0, 0.1) is 17.2 Å². The summed E-state index contributed by atoms with van der Waals surface area (Å²) in [7, 11) is 1.54. The summed E-state index contributed by atoms with van der Waals surface area (Å²) in [4.78, 5) is 11.7. The molecule has 0 atom stereocenters. The maximum absolute atomic E-state index is 11.7. The highest BCUT2D eigenvalue weighted by atomic mass is 79.9. The summed E-state index contributed by atoms with van der Waals surface area (Å²) in [6, 6.07) is 5.31. The zero-order valence-electron chi connectivity index (χ0n) is 13.7. The van der Waals surface area contributed by atoms with Gasteiger partial charge in [-0.05, 0) is 52.5 Å². The van der Waals surface area contributed by atoms with E-state index in [0.29, 0.717) is 34.1 Å². The number of benzene rings is 1. The minimum atomic E-state index is -0.648. The Morgan fingerprint density at radius 2 is 2.13 bits per heavy atom. The maximum atomic E-state index is 11.7. The van der Waals surface area contributed by atoms with Gasteiger partial charge in [-0.2, -0.15) is 5.26 Å². The molecule has 0 radical (unpaired) electrons. The molecule has 0 heterocycles. The van der Waals surface area contributed by atoms with E-state index in [1.165, 1.54) is 13.2 Å². The number of nitriles is 1. The average Bonchev–Trinajstić information content (AvgIpc) is 2.50. The molecule has 1 aromatic rings. The lowest BCUT2D eigenvalue weighted by molar-refractivity contribution is -0.137. The monoisotopic (exact) mass is 381 g/mol. The number of esters is 1. The number of hydrogen-bond acceptors (Lipinski definition) is 5. The molecule has 0 spiro atoms. The number of carbonyl (C=O) groups is 1. The summed E-state index contributed by atoms with van der Waals surface area (Å²) < 4.78 is 16.6. The van der Waals surface area contributed by atoms with Gasteiger partial charge in [0.05, 0.1) is 24.8 Å². The van der Waals surface area contributed by atoms with Crippen LogP contribution in [0.1, 0.15) is 26.3 Å². The molecule has 0 aromatic heterocycles. The molecule has 1 rings (SSSR count). The van der Waals surface area contributed by atoms with Gasteiger partial charge < -0.3 is 14.2 Å². The molecule has 0 saturated carbocycles. The summed E-state index contributed by atoms with van der Waals surface area (Å²) >= 11 is 3.44. The average molecular weight is 382 g/mol. The van der Waals surface area contributed by atoms with Crippen molar-refractivity contribution in [3.8, 4) is 17.6 Å². The van der Waals surface area contributed by atoms with Gasteiger partial charge in [0.25, 0.3) is 0 Å². The summed E-state index contributed by atoms with van der Waals surface area (Å²) in [5.41, 5.74) is 0.562. The van der Waals surface area contributed by atoms with E-state index in [4.69, 9.17) is 19.5 Å². The number of ether oxygens (including phenoxy) is 3. The van der Waals surface area contributed by atoms with Gasteiger partial charge in [0, 0.05) is 0 Å². The van der Waals surface area contributed by atoms with Crippen LogP contribution < -0.4 is 9.47 Å². The van der Waals surface area contributed by atoms with E-state index in [9.17, 15) is 4.79 Å².